The summed E-state index contributed by atoms with van der Waals surface area (Å²) in [5.41, 5.74) is 9.63. The summed E-state index contributed by atoms with van der Waals surface area (Å²) in [5, 5.41) is 5.75. The Balaban J connectivity index is 2.04. The van der Waals surface area contributed by atoms with Gasteiger partial charge in [0.15, 0.2) is 0 Å². The molecule has 1 aromatic carbocycles. The smallest absolute Gasteiger partial charge is 0.277 e. The first-order valence-electron chi connectivity index (χ1n) is 4.92. The molecule has 0 amide bonds. The number of thiazole rings is 1. The standard InChI is InChI=1S/C11H8N4OS/c12-8-4-2-1-3-7(8)10-14-11(16-15-10)9-5-17-6-13-9/h1-6H,12H2. The zero-order chi connectivity index (χ0) is 11.7. The van der Waals surface area contributed by atoms with Gasteiger partial charge in [-0.1, -0.05) is 17.3 Å². The van der Waals surface area contributed by atoms with Crippen molar-refractivity contribution in [1.29, 1.82) is 0 Å². The first-order valence-corrected chi connectivity index (χ1v) is 5.86. The molecule has 0 unspecified atom stereocenters. The van der Waals surface area contributed by atoms with E-state index in [0.717, 1.165) is 5.56 Å². The molecule has 6 heteroatoms. The fraction of sp³-hybridized carbons (Fsp3) is 0. The molecule has 5 nitrogen and oxygen atoms in total. The van der Waals surface area contributed by atoms with E-state index in [9.17, 15) is 0 Å². The maximum absolute atomic E-state index is 5.85. The molecule has 0 aliphatic heterocycles. The molecule has 0 spiro atoms. The number of hydrogen-bond donors (Lipinski definition) is 1. The van der Waals surface area contributed by atoms with Crippen LogP contribution in [-0.4, -0.2) is 15.1 Å². The highest BCUT2D eigenvalue weighted by atomic mass is 32.1. The van der Waals surface area contributed by atoms with E-state index in [1.165, 1.54) is 11.3 Å². The van der Waals surface area contributed by atoms with Crippen LogP contribution in [0.3, 0.4) is 0 Å². The third kappa shape index (κ3) is 1.78. The van der Waals surface area contributed by atoms with Gasteiger partial charge in [0, 0.05) is 16.6 Å². The first kappa shape index (κ1) is 9.98. The molecule has 0 atom stereocenters. The van der Waals surface area contributed by atoms with Crippen LogP contribution in [0.15, 0.2) is 39.7 Å². The van der Waals surface area contributed by atoms with Gasteiger partial charge in [-0.05, 0) is 12.1 Å². The van der Waals surface area contributed by atoms with Gasteiger partial charge in [-0.15, -0.1) is 11.3 Å². The Hall–Kier alpha value is -2.21. The minimum atomic E-state index is 0.407. The number of rotatable bonds is 2. The predicted molar refractivity (Wildman–Crippen MR) is 65.3 cm³/mol. The lowest BCUT2D eigenvalue weighted by molar-refractivity contribution is 0.431. The second-order valence-electron chi connectivity index (χ2n) is 3.38. The van der Waals surface area contributed by atoms with E-state index in [1.54, 1.807) is 11.6 Å². The second-order valence-corrected chi connectivity index (χ2v) is 4.10. The summed E-state index contributed by atoms with van der Waals surface area (Å²) in [6.45, 7) is 0. The zero-order valence-corrected chi connectivity index (χ0v) is 9.52. The number of nitrogen functional groups attached to an aromatic ring is 1. The number of hydrogen-bond acceptors (Lipinski definition) is 6. The fourth-order valence-electron chi connectivity index (χ4n) is 1.46. The van der Waals surface area contributed by atoms with Crippen molar-refractivity contribution in [2.75, 3.05) is 5.73 Å². The molecule has 3 aromatic rings. The Morgan fingerprint density at radius 1 is 1.24 bits per heavy atom. The van der Waals surface area contributed by atoms with Crippen molar-refractivity contribution in [2.45, 2.75) is 0 Å². The van der Waals surface area contributed by atoms with E-state index in [-0.39, 0.29) is 0 Å². The van der Waals surface area contributed by atoms with E-state index in [2.05, 4.69) is 15.1 Å². The van der Waals surface area contributed by atoms with Crippen LogP contribution in [0.5, 0.6) is 0 Å². The van der Waals surface area contributed by atoms with Gasteiger partial charge in [0.2, 0.25) is 5.82 Å². The maximum Gasteiger partial charge on any atom is 0.277 e. The van der Waals surface area contributed by atoms with Gasteiger partial charge >= 0.3 is 0 Å². The van der Waals surface area contributed by atoms with Crippen LogP contribution in [0.2, 0.25) is 0 Å². The van der Waals surface area contributed by atoms with Crippen LogP contribution < -0.4 is 5.73 Å². The summed E-state index contributed by atoms with van der Waals surface area (Å²) in [5.74, 6) is 0.885. The summed E-state index contributed by atoms with van der Waals surface area (Å²) in [4.78, 5) is 8.38. The Morgan fingerprint density at radius 3 is 2.88 bits per heavy atom. The fourth-order valence-corrected chi connectivity index (χ4v) is 1.98. The van der Waals surface area contributed by atoms with Crippen LogP contribution in [0, 0.1) is 0 Å². The zero-order valence-electron chi connectivity index (χ0n) is 8.70. The van der Waals surface area contributed by atoms with E-state index >= 15 is 0 Å². The molecule has 0 aliphatic rings. The van der Waals surface area contributed by atoms with Crippen molar-refractivity contribution >= 4 is 17.0 Å². The summed E-state index contributed by atoms with van der Waals surface area (Å²) in [6.07, 6.45) is 0. The molecule has 0 saturated carbocycles. The number of aromatic nitrogens is 3. The monoisotopic (exact) mass is 244 g/mol. The number of nitrogens with two attached hydrogens (primary N) is 1. The van der Waals surface area contributed by atoms with Crippen LogP contribution in [0.1, 0.15) is 0 Å². The van der Waals surface area contributed by atoms with Gasteiger partial charge in [0.25, 0.3) is 5.89 Å². The van der Waals surface area contributed by atoms with Crippen LogP contribution in [-0.2, 0) is 0 Å². The molecule has 0 radical (unpaired) electrons. The Bertz CT molecular complexity index is 632. The highest BCUT2D eigenvalue weighted by Crippen LogP contribution is 2.25. The molecular formula is C11H8N4OS. The Labute approximate surface area is 101 Å². The van der Waals surface area contributed by atoms with Crippen molar-refractivity contribution < 1.29 is 4.52 Å². The predicted octanol–water partition coefficient (Wildman–Crippen LogP) is 2.44. The summed E-state index contributed by atoms with van der Waals surface area (Å²) >= 11 is 1.48. The van der Waals surface area contributed by atoms with Crippen molar-refractivity contribution in [3.05, 3.63) is 35.2 Å². The van der Waals surface area contributed by atoms with Crippen molar-refractivity contribution in [1.82, 2.24) is 15.1 Å². The van der Waals surface area contributed by atoms with Crippen molar-refractivity contribution in [2.24, 2.45) is 0 Å². The van der Waals surface area contributed by atoms with E-state index in [4.69, 9.17) is 10.3 Å². The molecule has 0 bridgehead atoms. The van der Waals surface area contributed by atoms with Crippen molar-refractivity contribution in [3.63, 3.8) is 0 Å². The lowest BCUT2D eigenvalue weighted by Crippen LogP contribution is -1.90. The number of para-hydroxylation sites is 1. The minimum absolute atomic E-state index is 0.407. The van der Waals surface area contributed by atoms with Gasteiger partial charge in [-0.2, -0.15) is 4.98 Å². The highest BCUT2D eigenvalue weighted by Gasteiger charge is 2.13. The second kappa shape index (κ2) is 3.99. The number of anilines is 1. The van der Waals surface area contributed by atoms with Crippen LogP contribution >= 0.6 is 11.3 Å². The van der Waals surface area contributed by atoms with Gasteiger partial charge in [-0.25, -0.2) is 4.98 Å². The topological polar surface area (TPSA) is 77.8 Å². The molecule has 0 fully saturated rings. The van der Waals surface area contributed by atoms with Crippen molar-refractivity contribution in [3.8, 4) is 23.0 Å². The molecule has 0 aliphatic carbocycles. The van der Waals surface area contributed by atoms with E-state index in [1.807, 2.05) is 23.6 Å². The van der Waals surface area contributed by atoms with Gasteiger partial charge in [0.1, 0.15) is 5.69 Å². The summed E-state index contributed by atoms with van der Waals surface area (Å²) in [6, 6.07) is 7.39. The lowest BCUT2D eigenvalue weighted by Gasteiger charge is -1.97. The molecule has 2 N–H and O–H groups in total. The third-order valence-corrected chi connectivity index (χ3v) is 2.87. The average Bonchev–Trinajstić information content (AvgIpc) is 3.00. The van der Waals surface area contributed by atoms with Gasteiger partial charge in [0.05, 0.1) is 5.51 Å². The summed E-state index contributed by atoms with van der Waals surface area (Å²) < 4.78 is 5.15. The highest BCUT2D eigenvalue weighted by molar-refractivity contribution is 7.07. The maximum atomic E-state index is 5.85. The molecule has 0 saturated heterocycles. The lowest BCUT2D eigenvalue weighted by atomic mass is 10.2. The Morgan fingerprint density at radius 2 is 2.12 bits per heavy atom. The van der Waals surface area contributed by atoms with E-state index < -0.39 is 0 Å². The first-order chi connectivity index (χ1) is 8.34. The van der Waals surface area contributed by atoms with Crippen LogP contribution in [0.25, 0.3) is 23.0 Å². The third-order valence-electron chi connectivity index (χ3n) is 2.28. The SMILES string of the molecule is Nc1ccccc1-c1noc(-c2cscn2)n1. The average molecular weight is 244 g/mol. The minimum Gasteiger partial charge on any atom is -0.398 e. The van der Waals surface area contributed by atoms with Gasteiger partial charge in [-0.3, -0.25) is 0 Å². The molecule has 17 heavy (non-hydrogen) atoms. The molecule has 84 valence electrons. The molecule has 2 heterocycles. The van der Waals surface area contributed by atoms with E-state index in [0.29, 0.717) is 23.1 Å². The normalized spacial score (nSPS) is 10.6. The Kier molecular flexibility index (Phi) is 2.34. The molecule has 2 aromatic heterocycles. The number of nitrogens with zero attached hydrogens (tertiary/aromatic N) is 3. The quantitative estimate of drug-likeness (QED) is 0.700. The van der Waals surface area contributed by atoms with Crippen LogP contribution in [0.4, 0.5) is 5.69 Å². The molecule has 3 rings (SSSR count). The number of benzene rings is 1. The van der Waals surface area contributed by atoms with Gasteiger partial charge < -0.3 is 10.3 Å². The molecular weight excluding hydrogens is 236 g/mol. The summed E-state index contributed by atoms with van der Waals surface area (Å²) in [7, 11) is 0. The largest absolute Gasteiger partial charge is 0.398 e.